The Morgan fingerprint density at radius 1 is 1.58 bits per heavy atom. The van der Waals surface area contributed by atoms with Crippen LogP contribution in [0.5, 0.6) is 0 Å². The topological polar surface area (TPSA) is 66.9 Å². The molecule has 60 valence electrons. The minimum atomic E-state index is -0.566. The van der Waals surface area contributed by atoms with Crippen molar-refractivity contribution in [3.63, 3.8) is 0 Å². The zero-order valence-electron chi connectivity index (χ0n) is 5.89. The molecule has 0 bridgehead atoms. The Morgan fingerprint density at radius 3 is 2.75 bits per heavy atom. The summed E-state index contributed by atoms with van der Waals surface area (Å²) in [5.41, 5.74) is 0.0740. The van der Waals surface area contributed by atoms with Gasteiger partial charge in [-0.25, -0.2) is 0 Å². The Hall–Kier alpha value is -1.54. The fraction of sp³-hybridized carbons (Fsp3) is 0. The van der Waals surface area contributed by atoms with Crippen molar-refractivity contribution in [1.29, 1.82) is 5.26 Å². The standard InChI is InChI=1S/C7H4N2O2S/c8-4-5-2-1-3-6(7(5)12)9(10)11/h1-3,12H. The maximum absolute atomic E-state index is 10.3. The highest BCUT2D eigenvalue weighted by atomic mass is 32.1. The quantitative estimate of drug-likeness (QED) is 0.406. The van der Waals surface area contributed by atoms with Gasteiger partial charge in [0.2, 0.25) is 0 Å². The van der Waals surface area contributed by atoms with E-state index in [0.717, 1.165) is 0 Å². The van der Waals surface area contributed by atoms with Crippen LogP contribution in [-0.2, 0) is 0 Å². The Bertz CT molecular complexity index is 370. The number of thiol groups is 1. The number of hydrogen-bond acceptors (Lipinski definition) is 4. The Balaban J connectivity index is 3.35. The third-order valence-corrected chi connectivity index (χ3v) is 1.80. The second-order valence-electron chi connectivity index (χ2n) is 2.04. The van der Waals surface area contributed by atoms with Crippen molar-refractivity contribution < 1.29 is 4.92 Å². The molecule has 5 heteroatoms. The van der Waals surface area contributed by atoms with E-state index in [4.69, 9.17) is 5.26 Å². The van der Waals surface area contributed by atoms with Crippen LogP contribution in [0.3, 0.4) is 0 Å². The molecule has 0 saturated carbocycles. The number of hydrogen-bond donors (Lipinski definition) is 1. The third kappa shape index (κ3) is 1.38. The van der Waals surface area contributed by atoms with E-state index in [1.54, 1.807) is 0 Å². The number of rotatable bonds is 1. The molecule has 0 radical (unpaired) electrons. The SMILES string of the molecule is N#Cc1cccc([N+](=O)[O-])c1S. The van der Waals surface area contributed by atoms with Gasteiger partial charge in [-0.3, -0.25) is 10.1 Å². The van der Waals surface area contributed by atoms with Crippen molar-refractivity contribution in [2.75, 3.05) is 0 Å². The Kier molecular flexibility index (Phi) is 2.31. The highest BCUT2D eigenvalue weighted by Crippen LogP contribution is 2.24. The Morgan fingerprint density at radius 2 is 2.25 bits per heavy atom. The van der Waals surface area contributed by atoms with E-state index >= 15 is 0 Å². The minimum absolute atomic E-state index is 0.116. The summed E-state index contributed by atoms with van der Waals surface area (Å²) in [4.78, 5) is 9.89. The maximum atomic E-state index is 10.3. The average molecular weight is 180 g/mol. The minimum Gasteiger partial charge on any atom is -0.258 e. The normalized spacial score (nSPS) is 9.00. The predicted octanol–water partition coefficient (Wildman–Crippen LogP) is 1.76. The molecule has 1 rings (SSSR count). The lowest BCUT2D eigenvalue weighted by atomic mass is 10.2. The molecule has 0 aromatic heterocycles. The van der Waals surface area contributed by atoms with Crippen LogP contribution in [-0.4, -0.2) is 4.92 Å². The molecule has 1 aromatic carbocycles. The average Bonchev–Trinajstić information content (AvgIpc) is 2.04. The molecule has 0 heterocycles. The van der Waals surface area contributed by atoms with E-state index in [2.05, 4.69) is 12.6 Å². The summed E-state index contributed by atoms with van der Waals surface area (Å²) in [7, 11) is 0. The first-order chi connectivity index (χ1) is 5.66. The van der Waals surface area contributed by atoms with E-state index in [1.165, 1.54) is 18.2 Å². The molecule has 0 unspecified atom stereocenters. The number of nitrogens with zero attached hydrogens (tertiary/aromatic N) is 2. The largest absolute Gasteiger partial charge is 0.283 e. The van der Waals surface area contributed by atoms with Crippen molar-refractivity contribution in [3.05, 3.63) is 33.9 Å². The van der Waals surface area contributed by atoms with Crippen LogP contribution in [0.4, 0.5) is 5.69 Å². The highest BCUT2D eigenvalue weighted by molar-refractivity contribution is 7.80. The summed E-state index contributed by atoms with van der Waals surface area (Å²) in [6.45, 7) is 0. The summed E-state index contributed by atoms with van der Waals surface area (Å²) in [6, 6.07) is 6.05. The first-order valence-corrected chi connectivity index (χ1v) is 3.48. The van der Waals surface area contributed by atoms with Gasteiger partial charge in [0, 0.05) is 6.07 Å². The maximum Gasteiger partial charge on any atom is 0.283 e. The molecule has 0 fully saturated rings. The molecular weight excluding hydrogens is 176 g/mol. The summed E-state index contributed by atoms with van der Waals surface area (Å²) in [5, 5.41) is 18.8. The second-order valence-corrected chi connectivity index (χ2v) is 2.49. The summed E-state index contributed by atoms with van der Waals surface area (Å²) in [6.07, 6.45) is 0. The van der Waals surface area contributed by atoms with Crippen LogP contribution in [0.1, 0.15) is 5.56 Å². The van der Waals surface area contributed by atoms with E-state index in [-0.39, 0.29) is 16.1 Å². The number of nitro benzene ring substituents is 1. The van der Waals surface area contributed by atoms with Crippen LogP contribution in [0.25, 0.3) is 0 Å². The van der Waals surface area contributed by atoms with Gasteiger partial charge in [0.15, 0.2) is 0 Å². The molecule has 1 aromatic rings. The Labute approximate surface area is 74.0 Å². The molecule has 0 amide bonds. The second kappa shape index (κ2) is 3.24. The molecule has 0 atom stereocenters. The van der Waals surface area contributed by atoms with Gasteiger partial charge in [0.05, 0.1) is 15.4 Å². The van der Waals surface area contributed by atoms with E-state index in [9.17, 15) is 10.1 Å². The molecule has 0 N–H and O–H groups in total. The van der Waals surface area contributed by atoms with Gasteiger partial charge in [-0.05, 0) is 6.07 Å². The first kappa shape index (κ1) is 8.56. The lowest BCUT2D eigenvalue weighted by molar-refractivity contribution is -0.387. The third-order valence-electron chi connectivity index (χ3n) is 1.33. The van der Waals surface area contributed by atoms with Gasteiger partial charge in [-0.15, -0.1) is 12.6 Å². The zero-order valence-corrected chi connectivity index (χ0v) is 6.78. The van der Waals surface area contributed by atoms with Crippen LogP contribution in [0.2, 0.25) is 0 Å². The molecule has 4 nitrogen and oxygen atoms in total. The van der Waals surface area contributed by atoms with Crippen LogP contribution in [0.15, 0.2) is 23.1 Å². The molecule has 0 aliphatic rings. The smallest absolute Gasteiger partial charge is 0.258 e. The van der Waals surface area contributed by atoms with Gasteiger partial charge < -0.3 is 0 Å². The molecule has 12 heavy (non-hydrogen) atoms. The van der Waals surface area contributed by atoms with Gasteiger partial charge in [0.1, 0.15) is 6.07 Å². The van der Waals surface area contributed by atoms with Crippen molar-refractivity contribution in [2.45, 2.75) is 4.90 Å². The van der Waals surface area contributed by atoms with Gasteiger partial charge in [0.25, 0.3) is 5.69 Å². The molecule has 0 aliphatic heterocycles. The van der Waals surface area contributed by atoms with E-state index in [0.29, 0.717) is 0 Å². The van der Waals surface area contributed by atoms with Crippen molar-refractivity contribution in [2.24, 2.45) is 0 Å². The van der Waals surface area contributed by atoms with Gasteiger partial charge in [-0.1, -0.05) is 6.07 Å². The van der Waals surface area contributed by atoms with E-state index in [1.807, 2.05) is 6.07 Å². The monoisotopic (exact) mass is 180 g/mol. The van der Waals surface area contributed by atoms with Crippen LogP contribution < -0.4 is 0 Å². The zero-order chi connectivity index (χ0) is 9.14. The highest BCUT2D eigenvalue weighted by Gasteiger charge is 2.13. The van der Waals surface area contributed by atoms with Gasteiger partial charge >= 0.3 is 0 Å². The fourth-order valence-electron chi connectivity index (χ4n) is 0.769. The predicted molar refractivity (Wildman–Crippen MR) is 45.1 cm³/mol. The molecule has 0 spiro atoms. The number of nitro groups is 1. The number of nitriles is 1. The van der Waals surface area contributed by atoms with Crippen molar-refractivity contribution >= 4 is 18.3 Å². The van der Waals surface area contributed by atoms with Gasteiger partial charge in [-0.2, -0.15) is 5.26 Å². The number of benzene rings is 1. The van der Waals surface area contributed by atoms with Crippen LogP contribution >= 0.6 is 12.6 Å². The lowest BCUT2D eigenvalue weighted by Gasteiger charge is -1.95. The molecule has 0 aliphatic carbocycles. The van der Waals surface area contributed by atoms with Crippen molar-refractivity contribution in [1.82, 2.24) is 0 Å². The van der Waals surface area contributed by atoms with Crippen LogP contribution in [0, 0.1) is 21.4 Å². The first-order valence-electron chi connectivity index (χ1n) is 3.03. The fourth-order valence-corrected chi connectivity index (χ4v) is 1.05. The molecular formula is C7H4N2O2S. The van der Waals surface area contributed by atoms with E-state index < -0.39 is 4.92 Å². The van der Waals surface area contributed by atoms with Crippen molar-refractivity contribution in [3.8, 4) is 6.07 Å². The summed E-state index contributed by atoms with van der Waals surface area (Å²) >= 11 is 3.87. The summed E-state index contributed by atoms with van der Waals surface area (Å²) < 4.78 is 0. The summed E-state index contributed by atoms with van der Waals surface area (Å²) in [5.74, 6) is 0. The molecule has 0 saturated heterocycles. The lowest BCUT2D eigenvalue weighted by Crippen LogP contribution is -1.90.